The van der Waals surface area contributed by atoms with E-state index in [1.54, 1.807) is 6.07 Å². The molecular formula is C24H21O5P. The number of hydrogen-bond acceptors (Lipinski definition) is 3. The van der Waals surface area contributed by atoms with Crippen LogP contribution in [0.1, 0.15) is 33.7 Å². The number of hydrogen-bond donors (Lipinski definition) is 3. The van der Waals surface area contributed by atoms with Crippen LogP contribution in [0.25, 0.3) is 23.3 Å². The maximum Gasteiger partial charge on any atom is 0.469 e. The first-order valence-electron chi connectivity index (χ1n) is 9.79. The van der Waals surface area contributed by atoms with Gasteiger partial charge in [-0.05, 0) is 56.6 Å². The van der Waals surface area contributed by atoms with Gasteiger partial charge in [0.2, 0.25) is 0 Å². The quantitative estimate of drug-likeness (QED) is 0.610. The first-order valence-corrected chi connectivity index (χ1v) is 11.3. The summed E-state index contributed by atoms with van der Waals surface area (Å²) in [5.74, 6) is 0.640. The van der Waals surface area contributed by atoms with Crippen molar-refractivity contribution in [1.82, 2.24) is 0 Å². The zero-order chi connectivity index (χ0) is 20.9. The highest BCUT2D eigenvalue weighted by Crippen LogP contribution is 2.49. The molecule has 0 radical (unpaired) electrons. The monoisotopic (exact) mass is 420 g/mol. The minimum absolute atomic E-state index is 0.169. The third-order valence-electron chi connectivity index (χ3n) is 5.88. The molecular weight excluding hydrogens is 399 g/mol. The number of phosphoric acid groups is 1. The fraction of sp³-hybridized carbons (Fsp3) is 0.167. The van der Waals surface area contributed by atoms with Gasteiger partial charge in [0.1, 0.15) is 0 Å². The van der Waals surface area contributed by atoms with E-state index >= 15 is 0 Å². The second kappa shape index (κ2) is 7.31. The molecule has 2 unspecified atom stereocenters. The summed E-state index contributed by atoms with van der Waals surface area (Å²) in [4.78, 5) is 18.1. The fourth-order valence-corrected chi connectivity index (χ4v) is 4.97. The van der Waals surface area contributed by atoms with Gasteiger partial charge < -0.3 is 14.9 Å². The van der Waals surface area contributed by atoms with Crippen LogP contribution in [-0.4, -0.2) is 14.9 Å². The van der Waals surface area contributed by atoms with E-state index in [4.69, 9.17) is 9.79 Å². The van der Waals surface area contributed by atoms with Crippen molar-refractivity contribution in [3.8, 4) is 11.1 Å². The summed E-state index contributed by atoms with van der Waals surface area (Å²) in [6, 6.07) is 9.66. The molecule has 3 aliphatic carbocycles. The SMILES string of the molecule is O=P(O)(O)OCc1cc(CO)cc(-c2ccc3c4c2C=CC2=CC=CC(C=C3)C24)c1. The largest absolute Gasteiger partial charge is 0.469 e. The Hall–Kier alpha value is -2.53. The lowest BCUT2D eigenvalue weighted by molar-refractivity contribution is 0.189. The summed E-state index contributed by atoms with van der Waals surface area (Å²) >= 11 is 0. The van der Waals surface area contributed by atoms with E-state index in [1.807, 2.05) is 12.1 Å². The Bertz CT molecular complexity index is 1200. The van der Waals surface area contributed by atoms with Gasteiger partial charge in [-0.1, -0.05) is 60.7 Å². The van der Waals surface area contributed by atoms with E-state index in [9.17, 15) is 9.67 Å². The van der Waals surface area contributed by atoms with Crippen LogP contribution >= 0.6 is 7.82 Å². The highest BCUT2D eigenvalue weighted by molar-refractivity contribution is 7.46. The average Bonchev–Trinajstić information content (AvgIpc) is 2.75. The Labute approximate surface area is 174 Å². The van der Waals surface area contributed by atoms with Crippen LogP contribution in [0.3, 0.4) is 0 Å². The lowest BCUT2D eigenvalue weighted by Crippen LogP contribution is -2.21. The van der Waals surface area contributed by atoms with E-state index in [1.165, 1.54) is 16.7 Å². The molecule has 3 N–H and O–H groups in total. The van der Waals surface area contributed by atoms with Gasteiger partial charge in [-0.3, -0.25) is 4.52 Å². The van der Waals surface area contributed by atoms with Crippen molar-refractivity contribution in [3.63, 3.8) is 0 Å². The van der Waals surface area contributed by atoms with E-state index < -0.39 is 7.82 Å². The van der Waals surface area contributed by atoms with Gasteiger partial charge in [-0.25, -0.2) is 4.57 Å². The molecule has 30 heavy (non-hydrogen) atoms. The van der Waals surface area contributed by atoms with Gasteiger partial charge in [0, 0.05) is 11.8 Å². The van der Waals surface area contributed by atoms with Crippen LogP contribution in [0.5, 0.6) is 0 Å². The summed E-state index contributed by atoms with van der Waals surface area (Å²) in [5, 5.41) is 9.71. The summed E-state index contributed by atoms with van der Waals surface area (Å²) in [6.07, 6.45) is 15.3. The summed E-state index contributed by atoms with van der Waals surface area (Å²) in [7, 11) is -4.58. The molecule has 2 atom stereocenters. The Morgan fingerprint density at radius 2 is 1.83 bits per heavy atom. The van der Waals surface area contributed by atoms with Crippen molar-refractivity contribution in [2.45, 2.75) is 19.1 Å². The lowest BCUT2D eigenvalue weighted by Gasteiger charge is -2.35. The predicted octanol–water partition coefficient (Wildman–Crippen LogP) is 4.70. The number of aliphatic hydroxyl groups is 1. The van der Waals surface area contributed by atoms with E-state index in [-0.39, 0.29) is 13.2 Å². The highest BCUT2D eigenvalue weighted by atomic mass is 31.2. The molecule has 2 aromatic rings. The van der Waals surface area contributed by atoms with Gasteiger partial charge in [-0.2, -0.15) is 0 Å². The Morgan fingerprint density at radius 1 is 1.00 bits per heavy atom. The molecule has 152 valence electrons. The van der Waals surface area contributed by atoms with Crippen molar-refractivity contribution < 1.29 is 24.0 Å². The second-order valence-electron chi connectivity index (χ2n) is 7.79. The summed E-state index contributed by atoms with van der Waals surface area (Å²) < 4.78 is 15.8. The molecule has 0 fully saturated rings. The van der Waals surface area contributed by atoms with E-state index in [0.717, 1.165) is 16.7 Å². The number of rotatable bonds is 5. The zero-order valence-corrected chi connectivity index (χ0v) is 17.0. The average molecular weight is 420 g/mol. The van der Waals surface area contributed by atoms with Crippen molar-refractivity contribution in [3.05, 3.63) is 94.1 Å². The van der Waals surface area contributed by atoms with Crippen LogP contribution in [0, 0.1) is 5.92 Å². The highest BCUT2D eigenvalue weighted by Gasteiger charge is 2.33. The maximum absolute atomic E-state index is 11.1. The number of benzene rings is 2. The van der Waals surface area contributed by atoms with Crippen molar-refractivity contribution >= 4 is 20.0 Å². The third-order valence-corrected chi connectivity index (χ3v) is 6.35. The third kappa shape index (κ3) is 3.45. The molecule has 5 nitrogen and oxygen atoms in total. The summed E-state index contributed by atoms with van der Waals surface area (Å²) in [5.41, 5.74) is 8.15. The molecule has 0 amide bonds. The van der Waals surface area contributed by atoms with Crippen molar-refractivity contribution in [2.75, 3.05) is 0 Å². The van der Waals surface area contributed by atoms with Crippen molar-refractivity contribution in [1.29, 1.82) is 0 Å². The van der Waals surface area contributed by atoms with Crippen LogP contribution < -0.4 is 0 Å². The molecule has 6 heteroatoms. The Morgan fingerprint density at radius 3 is 2.63 bits per heavy atom. The van der Waals surface area contributed by atoms with Crippen LogP contribution in [0.15, 0.2) is 66.3 Å². The second-order valence-corrected chi connectivity index (χ2v) is 9.03. The Kier molecular flexibility index (Phi) is 4.73. The topological polar surface area (TPSA) is 87.0 Å². The van der Waals surface area contributed by atoms with E-state index in [2.05, 4.69) is 59.2 Å². The first kappa shape index (κ1) is 19.4. The molecule has 0 spiro atoms. The Balaban J connectivity index is 1.63. The molecule has 0 bridgehead atoms. The van der Waals surface area contributed by atoms with Gasteiger partial charge in [0.05, 0.1) is 13.2 Å². The van der Waals surface area contributed by atoms with Crippen LogP contribution in [0.4, 0.5) is 0 Å². The number of allylic oxidation sites excluding steroid dienone is 6. The van der Waals surface area contributed by atoms with Gasteiger partial charge in [-0.15, -0.1) is 0 Å². The smallest absolute Gasteiger partial charge is 0.392 e. The van der Waals surface area contributed by atoms with Gasteiger partial charge in [0.15, 0.2) is 0 Å². The van der Waals surface area contributed by atoms with Crippen LogP contribution in [-0.2, 0) is 22.3 Å². The summed E-state index contributed by atoms with van der Waals surface area (Å²) in [6.45, 7) is -0.398. The van der Waals surface area contributed by atoms with Gasteiger partial charge in [0.25, 0.3) is 0 Å². The molecule has 0 heterocycles. The normalized spacial score (nSPS) is 20.8. The molecule has 3 aliphatic rings. The molecule has 2 aromatic carbocycles. The molecule has 0 saturated carbocycles. The minimum atomic E-state index is -4.58. The number of phosphoric ester groups is 1. The molecule has 5 rings (SSSR count). The first-order chi connectivity index (χ1) is 14.4. The fourth-order valence-electron chi connectivity index (χ4n) is 4.65. The zero-order valence-electron chi connectivity index (χ0n) is 16.1. The predicted molar refractivity (Wildman–Crippen MR) is 116 cm³/mol. The standard InChI is InChI=1S/C24H21O5P/c25-13-15-10-16(14-29-30(26,27)28)12-20(11-15)21-8-6-19-5-4-17-2-1-3-18-7-9-22(21)24(19)23(17)18/h1-12,17,23,25H,13-14H2,(H2,26,27,28). The van der Waals surface area contributed by atoms with Crippen LogP contribution in [0.2, 0.25) is 0 Å². The lowest BCUT2D eigenvalue weighted by atomic mass is 9.68. The molecule has 0 saturated heterocycles. The number of aliphatic hydroxyl groups excluding tert-OH is 1. The maximum atomic E-state index is 11.1. The van der Waals surface area contributed by atoms with Crippen molar-refractivity contribution in [2.24, 2.45) is 5.92 Å². The van der Waals surface area contributed by atoms with E-state index in [0.29, 0.717) is 23.0 Å². The minimum Gasteiger partial charge on any atom is -0.392 e. The molecule has 0 aromatic heterocycles. The molecule has 0 aliphatic heterocycles. The van der Waals surface area contributed by atoms with Gasteiger partial charge >= 0.3 is 7.82 Å².